The van der Waals surface area contributed by atoms with Crippen molar-refractivity contribution in [2.24, 2.45) is 0 Å². The molecule has 1 atom stereocenters. The zero-order valence-electron chi connectivity index (χ0n) is 9.36. The molecule has 0 fully saturated rings. The highest BCUT2D eigenvalue weighted by Gasteiger charge is 2.25. The molecule has 0 heterocycles. The molecule has 0 amide bonds. The lowest BCUT2D eigenvalue weighted by atomic mass is 10.2. The van der Waals surface area contributed by atoms with E-state index in [1.54, 1.807) is 0 Å². The third-order valence-corrected chi connectivity index (χ3v) is 2.00. The van der Waals surface area contributed by atoms with Crippen molar-refractivity contribution in [3.8, 4) is 0 Å². The Balaban J connectivity index is 3.18. The van der Waals surface area contributed by atoms with Gasteiger partial charge in [0, 0.05) is 25.7 Å². The van der Waals surface area contributed by atoms with Crippen LogP contribution in [0.5, 0.6) is 0 Å². The molecule has 0 aromatic carbocycles. The van der Waals surface area contributed by atoms with Gasteiger partial charge in [0.2, 0.25) is 0 Å². The molecule has 5 heteroatoms. The lowest BCUT2D eigenvalue weighted by molar-refractivity contribution is -0.137. The Bertz CT molecular complexity index is 150. The minimum Gasteiger partial charge on any atom is -0.381 e. The summed E-state index contributed by atoms with van der Waals surface area (Å²) < 4.78 is 40.3. The van der Waals surface area contributed by atoms with Crippen LogP contribution in [0.4, 0.5) is 13.2 Å². The van der Waals surface area contributed by atoms with Gasteiger partial charge in [0.1, 0.15) is 0 Å². The predicted octanol–water partition coefficient (Wildman–Crippen LogP) is 2.73. The number of hydrogen-bond acceptors (Lipinski definition) is 2. The van der Waals surface area contributed by atoms with Crippen LogP contribution in [0.3, 0.4) is 0 Å². The molecule has 92 valence electrons. The van der Waals surface area contributed by atoms with E-state index in [1.807, 2.05) is 13.8 Å². The fourth-order valence-corrected chi connectivity index (χ4v) is 1.19. The molecule has 0 aromatic rings. The first-order valence-electron chi connectivity index (χ1n) is 5.33. The highest BCUT2D eigenvalue weighted by atomic mass is 19.4. The van der Waals surface area contributed by atoms with Gasteiger partial charge < -0.3 is 10.1 Å². The van der Waals surface area contributed by atoms with Gasteiger partial charge in [0.25, 0.3) is 0 Å². The highest BCUT2D eigenvalue weighted by molar-refractivity contribution is 4.57. The molecule has 2 nitrogen and oxygen atoms in total. The number of ether oxygens (including phenoxy) is 1. The van der Waals surface area contributed by atoms with Gasteiger partial charge in [0.15, 0.2) is 0 Å². The third-order valence-electron chi connectivity index (χ3n) is 2.00. The van der Waals surface area contributed by atoms with E-state index >= 15 is 0 Å². The van der Waals surface area contributed by atoms with Crippen LogP contribution in [0.25, 0.3) is 0 Å². The molecule has 0 saturated heterocycles. The van der Waals surface area contributed by atoms with E-state index in [4.69, 9.17) is 4.74 Å². The Morgan fingerprint density at radius 1 is 1.27 bits per heavy atom. The quantitative estimate of drug-likeness (QED) is 0.644. The molecule has 1 N–H and O–H groups in total. The molecule has 0 aliphatic rings. The number of rotatable bonds is 8. The molecule has 0 aromatic heterocycles. The zero-order valence-corrected chi connectivity index (χ0v) is 9.36. The highest BCUT2D eigenvalue weighted by Crippen LogP contribution is 2.20. The van der Waals surface area contributed by atoms with Crippen LogP contribution in [-0.4, -0.2) is 32.0 Å². The standard InChI is InChI=1S/C10H20F3NO/c1-3-14-9(2)5-8-15-7-4-6-10(11,12)13/h9,14H,3-8H2,1-2H3. The van der Waals surface area contributed by atoms with E-state index in [0.29, 0.717) is 12.6 Å². The fourth-order valence-electron chi connectivity index (χ4n) is 1.19. The largest absolute Gasteiger partial charge is 0.389 e. The van der Waals surface area contributed by atoms with Gasteiger partial charge >= 0.3 is 6.18 Å². The molecule has 0 rings (SSSR count). The van der Waals surface area contributed by atoms with Crippen molar-refractivity contribution in [1.29, 1.82) is 0 Å². The molecule has 1 unspecified atom stereocenters. The van der Waals surface area contributed by atoms with Crippen LogP contribution < -0.4 is 5.32 Å². The van der Waals surface area contributed by atoms with Crippen molar-refractivity contribution in [2.75, 3.05) is 19.8 Å². The first kappa shape index (κ1) is 14.7. The van der Waals surface area contributed by atoms with E-state index in [0.717, 1.165) is 13.0 Å². The van der Waals surface area contributed by atoms with Gasteiger partial charge in [-0.1, -0.05) is 6.92 Å². The second-order valence-corrected chi connectivity index (χ2v) is 3.58. The smallest absolute Gasteiger partial charge is 0.381 e. The van der Waals surface area contributed by atoms with Crippen LogP contribution in [0.15, 0.2) is 0 Å². The van der Waals surface area contributed by atoms with Crippen molar-refractivity contribution < 1.29 is 17.9 Å². The minimum atomic E-state index is -4.06. The second kappa shape index (κ2) is 7.93. The van der Waals surface area contributed by atoms with Crippen LogP contribution in [0.1, 0.15) is 33.1 Å². The summed E-state index contributed by atoms with van der Waals surface area (Å²) in [5, 5.41) is 3.20. The van der Waals surface area contributed by atoms with Crippen molar-refractivity contribution in [2.45, 2.75) is 45.3 Å². The molecule has 0 spiro atoms. The molecule has 0 aliphatic carbocycles. The van der Waals surface area contributed by atoms with E-state index in [-0.39, 0.29) is 13.0 Å². The lowest BCUT2D eigenvalue weighted by Crippen LogP contribution is -2.26. The van der Waals surface area contributed by atoms with Gasteiger partial charge in [-0.05, 0) is 26.3 Å². The van der Waals surface area contributed by atoms with Gasteiger partial charge in [-0.15, -0.1) is 0 Å². The first-order valence-corrected chi connectivity index (χ1v) is 5.33. The Morgan fingerprint density at radius 3 is 2.47 bits per heavy atom. The van der Waals surface area contributed by atoms with Gasteiger partial charge in [0.05, 0.1) is 0 Å². The monoisotopic (exact) mass is 227 g/mol. The third kappa shape index (κ3) is 11.6. The first-order chi connectivity index (χ1) is 6.95. The molecular weight excluding hydrogens is 207 g/mol. The Kier molecular flexibility index (Phi) is 7.78. The van der Waals surface area contributed by atoms with Crippen molar-refractivity contribution in [1.82, 2.24) is 5.32 Å². The molecule has 0 radical (unpaired) electrons. The number of nitrogens with one attached hydrogen (secondary N) is 1. The lowest BCUT2D eigenvalue weighted by Gasteiger charge is -2.12. The summed E-state index contributed by atoms with van der Waals surface area (Å²) in [6.45, 7) is 5.66. The topological polar surface area (TPSA) is 21.3 Å². The molecule has 0 bridgehead atoms. The number of halogens is 3. The summed E-state index contributed by atoms with van der Waals surface area (Å²) in [5.41, 5.74) is 0. The maximum absolute atomic E-state index is 11.7. The van der Waals surface area contributed by atoms with E-state index in [1.165, 1.54) is 0 Å². The maximum atomic E-state index is 11.7. The second-order valence-electron chi connectivity index (χ2n) is 3.58. The van der Waals surface area contributed by atoms with Crippen molar-refractivity contribution >= 4 is 0 Å². The van der Waals surface area contributed by atoms with Crippen molar-refractivity contribution in [3.63, 3.8) is 0 Å². The molecule has 0 saturated carbocycles. The predicted molar refractivity (Wildman–Crippen MR) is 53.9 cm³/mol. The van der Waals surface area contributed by atoms with E-state index < -0.39 is 12.6 Å². The minimum absolute atomic E-state index is 0.0547. The number of alkyl halides is 3. The summed E-state index contributed by atoms with van der Waals surface area (Å²) in [5.74, 6) is 0. The van der Waals surface area contributed by atoms with E-state index in [9.17, 15) is 13.2 Å². The summed E-state index contributed by atoms with van der Waals surface area (Å²) in [6, 6.07) is 0.359. The summed E-state index contributed by atoms with van der Waals surface area (Å²) >= 11 is 0. The average Bonchev–Trinajstić information content (AvgIpc) is 2.09. The van der Waals surface area contributed by atoms with Gasteiger partial charge in [-0.2, -0.15) is 13.2 Å². The molecule has 0 aliphatic heterocycles. The maximum Gasteiger partial charge on any atom is 0.389 e. The van der Waals surface area contributed by atoms with Crippen LogP contribution in [0, 0.1) is 0 Å². The van der Waals surface area contributed by atoms with Crippen molar-refractivity contribution in [3.05, 3.63) is 0 Å². The Labute approximate surface area is 89.2 Å². The van der Waals surface area contributed by atoms with Gasteiger partial charge in [-0.3, -0.25) is 0 Å². The van der Waals surface area contributed by atoms with Crippen LogP contribution >= 0.6 is 0 Å². The summed E-state index contributed by atoms with van der Waals surface area (Å²) in [6.07, 6.45) is -3.92. The van der Waals surface area contributed by atoms with Crippen LogP contribution in [-0.2, 0) is 4.74 Å². The molecular formula is C10H20F3NO. The summed E-state index contributed by atoms with van der Waals surface area (Å²) in [4.78, 5) is 0. The van der Waals surface area contributed by atoms with Gasteiger partial charge in [-0.25, -0.2) is 0 Å². The normalized spacial score (nSPS) is 14.2. The summed E-state index contributed by atoms with van der Waals surface area (Å²) in [7, 11) is 0. The zero-order chi connectivity index (χ0) is 11.7. The fraction of sp³-hybridized carbons (Fsp3) is 1.00. The Morgan fingerprint density at radius 2 is 1.93 bits per heavy atom. The average molecular weight is 227 g/mol. The Hall–Kier alpha value is -0.290. The number of hydrogen-bond donors (Lipinski definition) is 1. The SMILES string of the molecule is CCNC(C)CCOCCCC(F)(F)F. The van der Waals surface area contributed by atoms with E-state index in [2.05, 4.69) is 5.32 Å². The molecule has 15 heavy (non-hydrogen) atoms. The van der Waals surface area contributed by atoms with Crippen LogP contribution in [0.2, 0.25) is 0 Å².